The average molecular weight is 430 g/mol. The molecule has 162 valence electrons. The molecule has 0 aromatic heterocycles. The van der Waals surface area contributed by atoms with Gasteiger partial charge in [-0.05, 0) is 94.6 Å². The molecule has 6 nitrogen and oxygen atoms in total. The molecule has 0 unspecified atom stereocenters. The Morgan fingerprint density at radius 1 is 1.00 bits per heavy atom. The Morgan fingerprint density at radius 2 is 1.70 bits per heavy atom. The highest BCUT2D eigenvalue weighted by atomic mass is 32.2. The van der Waals surface area contributed by atoms with Crippen molar-refractivity contribution in [2.24, 2.45) is 0 Å². The van der Waals surface area contributed by atoms with Gasteiger partial charge in [-0.3, -0.25) is 9.52 Å². The van der Waals surface area contributed by atoms with Gasteiger partial charge in [-0.1, -0.05) is 18.2 Å². The summed E-state index contributed by atoms with van der Waals surface area (Å²) >= 11 is 0. The third kappa shape index (κ3) is 5.61. The number of nitrogens with zero attached hydrogens (tertiary/aromatic N) is 1. The first-order valence-electron chi connectivity index (χ1n) is 10.5. The monoisotopic (exact) mass is 429 g/mol. The summed E-state index contributed by atoms with van der Waals surface area (Å²) in [5.41, 5.74) is 3.30. The number of aryl methyl sites for hydroxylation is 3. The van der Waals surface area contributed by atoms with E-state index in [1.807, 2.05) is 26.0 Å². The minimum absolute atomic E-state index is 0.119. The lowest BCUT2D eigenvalue weighted by atomic mass is 10.1. The van der Waals surface area contributed by atoms with Gasteiger partial charge in [0.25, 0.3) is 15.9 Å². The molecule has 3 rings (SSSR count). The third-order valence-corrected chi connectivity index (χ3v) is 7.02. The smallest absolute Gasteiger partial charge is 0.262 e. The molecule has 1 heterocycles. The Labute approximate surface area is 179 Å². The summed E-state index contributed by atoms with van der Waals surface area (Å²) < 4.78 is 28.7. The Balaban J connectivity index is 1.68. The maximum Gasteiger partial charge on any atom is 0.262 e. The topological polar surface area (TPSA) is 78.5 Å². The van der Waals surface area contributed by atoms with E-state index < -0.39 is 10.0 Å². The molecule has 2 aromatic rings. The van der Waals surface area contributed by atoms with Crippen molar-refractivity contribution in [1.82, 2.24) is 10.2 Å². The zero-order valence-corrected chi connectivity index (χ0v) is 18.8. The van der Waals surface area contributed by atoms with Gasteiger partial charge in [0, 0.05) is 12.1 Å². The van der Waals surface area contributed by atoms with Crippen LogP contribution in [0.15, 0.2) is 41.3 Å². The summed E-state index contributed by atoms with van der Waals surface area (Å²) in [7, 11) is -3.81. The second-order valence-electron chi connectivity index (χ2n) is 8.06. The number of rotatable bonds is 8. The molecule has 0 spiro atoms. The third-order valence-electron chi connectivity index (χ3n) is 5.51. The predicted octanol–water partition coefficient (Wildman–Crippen LogP) is 3.63. The molecule has 0 aliphatic carbocycles. The summed E-state index contributed by atoms with van der Waals surface area (Å²) in [4.78, 5) is 15.1. The van der Waals surface area contributed by atoms with Crippen LogP contribution >= 0.6 is 0 Å². The van der Waals surface area contributed by atoms with E-state index in [0.717, 1.165) is 37.2 Å². The number of carbonyl (C=O) groups excluding carboxylic acids is 1. The van der Waals surface area contributed by atoms with Gasteiger partial charge < -0.3 is 10.2 Å². The number of likely N-dealkylation sites (tertiary alicyclic amines) is 1. The van der Waals surface area contributed by atoms with Crippen molar-refractivity contribution < 1.29 is 13.2 Å². The molecule has 2 aromatic carbocycles. The molecule has 0 radical (unpaired) electrons. The standard InChI is InChI=1S/C23H31N3O3S/c1-17-7-8-18(2)21(15-17)25-30(28,29)22-16-20(10-9-19(22)3)23(27)24-11-6-14-26-12-4-5-13-26/h7-10,15-16,25H,4-6,11-14H2,1-3H3,(H,24,27). The molecule has 0 saturated carbocycles. The van der Waals surface area contributed by atoms with Crippen molar-refractivity contribution in [2.45, 2.75) is 44.9 Å². The van der Waals surface area contributed by atoms with Gasteiger partial charge in [0.15, 0.2) is 0 Å². The van der Waals surface area contributed by atoms with Crippen LogP contribution in [-0.4, -0.2) is 45.4 Å². The fraction of sp³-hybridized carbons (Fsp3) is 0.435. The Hall–Kier alpha value is -2.38. The molecule has 1 saturated heterocycles. The average Bonchev–Trinajstić information content (AvgIpc) is 3.21. The van der Waals surface area contributed by atoms with Crippen molar-refractivity contribution in [1.29, 1.82) is 0 Å². The summed E-state index contributed by atoms with van der Waals surface area (Å²) in [5, 5.41) is 2.91. The number of benzene rings is 2. The molecule has 0 atom stereocenters. The molecule has 2 N–H and O–H groups in total. The van der Waals surface area contributed by atoms with Gasteiger partial charge in [-0.15, -0.1) is 0 Å². The number of anilines is 1. The van der Waals surface area contributed by atoms with Crippen LogP contribution in [0.25, 0.3) is 0 Å². The zero-order chi connectivity index (χ0) is 21.7. The van der Waals surface area contributed by atoms with Gasteiger partial charge in [-0.2, -0.15) is 0 Å². The van der Waals surface area contributed by atoms with Gasteiger partial charge in [0.2, 0.25) is 0 Å². The van der Waals surface area contributed by atoms with E-state index in [2.05, 4.69) is 14.9 Å². The second kappa shape index (κ2) is 9.62. The Kier molecular flexibility index (Phi) is 7.15. The first-order valence-corrected chi connectivity index (χ1v) is 12.0. The van der Waals surface area contributed by atoms with Crippen LogP contribution in [-0.2, 0) is 10.0 Å². The lowest BCUT2D eigenvalue weighted by Gasteiger charge is -2.15. The van der Waals surface area contributed by atoms with Crippen LogP contribution in [0.3, 0.4) is 0 Å². The number of hydrogen-bond donors (Lipinski definition) is 2. The van der Waals surface area contributed by atoms with Crippen LogP contribution in [0, 0.1) is 20.8 Å². The van der Waals surface area contributed by atoms with E-state index in [1.165, 1.54) is 18.9 Å². The number of sulfonamides is 1. The molecular formula is C23H31N3O3S. The van der Waals surface area contributed by atoms with E-state index in [1.54, 1.807) is 25.1 Å². The van der Waals surface area contributed by atoms with Crippen LogP contribution in [0.4, 0.5) is 5.69 Å². The Morgan fingerprint density at radius 3 is 2.43 bits per heavy atom. The van der Waals surface area contributed by atoms with E-state index in [0.29, 0.717) is 23.4 Å². The highest BCUT2D eigenvalue weighted by molar-refractivity contribution is 7.92. The number of hydrogen-bond acceptors (Lipinski definition) is 4. The maximum atomic E-state index is 13.0. The molecule has 1 aliphatic heterocycles. The van der Waals surface area contributed by atoms with E-state index in [4.69, 9.17) is 0 Å². The quantitative estimate of drug-likeness (QED) is 0.628. The molecule has 1 aliphatic rings. The normalized spacial score (nSPS) is 14.6. The lowest BCUT2D eigenvalue weighted by molar-refractivity contribution is 0.0952. The molecule has 0 bridgehead atoms. The van der Waals surface area contributed by atoms with Gasteiger partial charge in [-0.25, -0.2) is 8.42 Å². The van der Waals surface area contributed by atoms with Crippen molar-refractivity contribution >= 4 is 21.6 Å². The summed E-state index contributed by atoms with van der Waals surface area (Å²) in [6.07, 6.45) is 3.39. The summed E-state index contributed by atoms with van der Waals surface area (Å²) in [6, 6.07) is 10.4. The summed E-state index contributed by atoms with van der Waals surface area (Å²) in [6.45, 7) is 9.34. The first kappa shape index (κ1) is 22.3. The SMILES string of the molecule is Cc1ccc(C)c(NS(=O)(=O)c2cc(C(=O)NCCCN3CCCC3)ccc2C)c1. The lowest BCUT2D eigenvalue weighted by Crippen LogP contribution is -2.29. The maximum absolute atomic E-state index is 13.0. The largest absolute Gasteiger partial charge is 0.352 e. The van der Waals surface area contributed by atoms with E-state index in [9.17, 15) is 13.2 Å². The van der Waals surface area contributed by atoms with Gasteiger partial charge in [0.1, 0.15) is 0 Å². The highest BCUT2D eigenvalue weighted by Crippen LogP contribution is 2.24. The fourth-order valence-electron chi connectivity index (χ4n) is 3.69. The van der Waals surface area contributed by atoms with E-state index >= 15 is 0 Å². The molecule has 7 heteroatoms. The number of nitrogens with one attached hydrogen (secondary N) is 2. The van der Waals surface area contributed by atoms with Crippen molar-refractivity contribution in [3.8, 4) is 0 Å². The highest BCUT2D eigenvalue weighted by Gasteiger charge is 2.20. The Bertz CT molecular complexity index is 1010. The number of carbonyl (C=O) groups is 1. The summed E-state index contributed by atoms with van der Waals surface area (Å²) in [5.74, 6) is -0.250. The molecule has 1 amide bonds. The van der Waals surface area contributed by atoms with Gasteiger partial charge >= 0.3 is 0 Å². The van der Waals surface area contributed by atoms with Crippen molar-refractivity contribution in [3.05, 3.63) is 58.7 Å². The van der Waals surface area contributed by atoms with Crippen LogP contribution in [0.2, 0.25) is 0 Å². The molecule has 30 heavy (non-hydrogen) atoms. The van der Waals surface area contributed by atoms with Crippen LogP contribution in [0.1, 0.15) is 46.3 Å². The fourth-order valence-corrected chi connectivity index (χ4v) is 5.08. The van der Waals surface area contributed by atoms with Crippen molar-refractivity contribution in [2.75, 3.05) is 30.9 Å². The molecule has 1 fully saturated rings. The van der Waals surface area contributed by atoms with Crippen LogP contribution in [0.5, 0.6) is 0 Å². The number of amides is 1. The first-order chi connectivity index (χ1) is 14.3. The van der Waals surface area contributed by atoms with E-state index in [-0.39, 0.29) is 10.8 Å². The zero-order valence-electron chi connectivity index (χ0n) is 18.0. The van der Waals surface area contributed by atoms with Crippen molar-refractivity contribution in [3.63, 3.8) is 0 Å². The molecular weight excluding hydrogens is 398 g/mol. The minimum atomic E-state index is -3.81. The minimum Gasteiger partial charge on any atom is -0.352 e. The second-order valence-corrected chi connectivity index (χ2v) is 9.71. The predicted molar refractivity (Wildman–Crippen MR) is 121 cm³/mol. The van der Waals surface area contributed by atoms with Crippen LogP contribution < -0.4 is 10.0 Å². The van der Waals surface area contributed by atoms with Gasteiger partial charge in [0.05, 0.1) is 10.6 Å².